The van der Waals surface area contributed by atoms with Crippen molar-refractivity contribution >= 4 is 17.6 Å². The average molecular weight is 410 g/mol. The van der Waals surface area contributed by atoms with Gasteiger partial charge >= 0.3 is 0 Å². The van der Waals surface area contributed by atoms with Gasteiger partial charge in [0.25, 0.3) is 0 Å². The summed E-state index contributed by atoms with van der Waals surface area (Å²) in [7, 11) is 2.06. The van der Waals surface area contributed by atoms with Gasteiger partial charge in [0.1, 0.15) is 11.6 Å². The maximum Gasteiger partial charge on any atom is 0.249 e. The predicted molar refractivity (Wildman–Crippen MR) is 115 cm³/mol. The average Bonchev–Trinajstić information content (AvgIpc) is 3.24. The van der Waals surface area contributed by atoms with Gasteiger partial charge < -0.3 is 19.0 Å². The zero-order valence-electron chi connectivity index (χ0n) is 16.3. The largest absolute Gasteiger partial charge is 0.493 e. The number of pyridine rings is 1. The van der Waals surface area contributed by atoms with E-state index >= 15 is 0 Å². The topological polar surface area (TPSA) is 67.5 Å². The third-order valence-corrected chi connectivity index (χ3v) is 5.32. The minimum Gasteiger partial charge on any atom is -0.493 e. The van der Waals surface area contributed by atoms with Gasteiger partial charge in [0.2, 0.25) is 11.8 Å². The lowest BCUT2D eigenvalue weighted by Gasteiger charge is -2.27. The van der Waals surface area contributed by atoms with Gasteiger partial charge in [0.15, 0.2) is 0 Å². The molecule has 7 nitrogen and oxygen atoms in total. The maximum absolute atomic E-state index is 5.78. The van der Waals surface area contributed by atoms with E-state index in [1.54, 1.807) is 18.0 Å². The molecule has 1 aromatic carbocycles. The molecule has 0 bridgehead atoms. The predicted octanol–water partition coefficient (Wildman–Crippen LogP) is 3.67. The molecule has 0 spiro atoms. The zero-order valence-corrected chi connectivity index (χ0v) is 17.1. The molecule has 3 aromatic rings. The highest BCUT2D eigenvalue weighted by Crippen LogP contribution is 2.22. The van der Waals surface area contributed by atoms with Crippen molar-refractivity contribution in [2.45, 2.75) is 5.75 Å². The van der Waals surface area contributed by atoms with Crippen LogP contribution in [0.25, 0.3) is 11.5 Å². The van der Waals surface area contributed by atoms with Crippen molar-refractivity contribution in [1.82, 2.24) is 20.1 Å². The molecule has 0 aliphatic carbocycles. The van der Waals surface area contributed by atoms with Crippen LogP contribution in [0.5, 0.6) is 5.75 Å². The van der Waals surface area contributed by atoms with Crippen LogP contribution in [0.4, 0.5) is 5.82 Å². The smallest absolute Gasteiger partial charge is 0.249 e. The molecule has 3 heterocycles. The Hall–Kier alpha value is -3.00. The summed E-state index contributed by atoms with van der Waals surface area (Å²) in [4.78, 5) is 8.81. The van der Waals surface area contributed by atoms with Crippen molar-refractivity contribution in [2.75, 3.05) is 37.4 Å². The van der Waals surface area contributed by atoms with Crippen LogP contribution in [-0.4, -0.2) is 52.6 Å². The van der Waals surface area contributed by atoms with Crippen LogP contribution < -0.4 is 9.64 Å². The molecule has 0 unspecified atom stereocenters. The standard InChI is InChI=1S/C21H23N5O2S/c1-25-9-11-26(12-10-25)19-8-7-17(15-22-19)21-24-23-20(28-21)16-29-14-13-27-18-5-3-2-4-6-18/h2-9,11,15H,10,12-14,16H2,1H3. The monoisotopic (exact) mass is 409 g/mol. The number of para-hydroxylation sites is 1. The van der Waals surface area contributed by atoms with Crippen LogP contribution in [0.3, 0.4) is 0 Å². The number of likely N-dealkylation sites (N-methyl/N-ethyl adjacent to an activating group) is 1. The SMILES string of the molecule is CN1C=CN(c2ccc(-c3nnc(CSCCOc4ccccc4)o3)cn2)CC1. The maximum atomic E-state index is 5.78. The number of rotatable bonds is 8. The number of thioether (sulfide) groups is 1. The lowest BCUT2D eigenvalue weighted by molar-refractivity contribution is 0.344. The lowest BCUT2D eigenvalue weighted by Crippen LogP contribution is -2.32. The minimum absolute atomic E-state index is 0.495. The van der Waals surface area contributed by atoms with Crippen LogP contribution >= 0.6 is 11.8 Å². The third-order valence-electron chi connectivity index (χ3n) is 4.42. The van der Waals surface area contributed by atoms with Gasteiger partial charge in [0.05, 0.1) is 17.9 Å². The molecule has 0 saturated heterocycles. The number of nitrogens with zero attached hydrogens (tertiary/aromatic N) is 5. The Balaban J connectivity index is 1.26. The molecule has 0 amide bonds. The van der Waals surface area contributed by atoms with E-state index in [9.17, 15) is 0 Å². The quantitative estimate of drug-likeness (QED) is 0.522. The van der Waals surface area contributed by atoms with E-state index in [1.807, 2.05) is 54.9 Å². The second kappa shape index (κ2) is 9.47. The lowest BCUT2D eigenvalue weighted by atomic mass is 10.2. The van der Waals surface area contributed by atoms with Crippen LogP contribution in [-0.2, 0) is 5.75 Å². The van der Waals surface area contributed by atoms with Gasteiger partial charge in [-0.3, -0.25) is 0 Å². The molecule has 0 saturated carbocycles. The molecule has 4 rings (SSSR count). The normalized spacial score (nSPS) is 13.7. The van der Waals surface area contributed by atoms with Gasteiger partial charge in [-0.15, -0.1) is 22.0 Å². The summed E-state index contributed by atoms with van der Waals surface area (Å²) in [5.41, 5.74) is 0.822. The van der Waals surface area contributed by atoms with E-state index < -0.39 is 0 Å². The van der Waals surface area contributed by atoms with E-state index in [0.717, 1.165) is 36.0 Å². The van der Waals surface area contributed by atoms with Crippen LogP contribution in [0, 0.1) is 0 Å². The molecular weight excluding hydrogens is 386 g/mol. The molecule has 1 aliphatic heterocycles. The van der Waals surface area contributed by atoms with Gasteiger partial charge in [-0.2, -0.15) is 0 Å². The summed E-state index contributed by atoms with van der Waals surface area (Å²) < 4.78 is 11.5. The van der Waals surface area contributed by atoms with Gasteiger partial charge in [0, 0.05) is 44.5 Å². The van der Waals surface area contributed by atoms with E-state index in [0.29, 0.717) is 24.1 Å². The summed E-state index contributed by atoms with van der Waals surface area (Å²) in [6.45, 7) is 2.53. The van der Waals surface area contributed by atoms with Crippen LogP contribution in [0.1, 0.15) is 5.89 Å². The Bertz CT molecular complexity index is 930. The van der Waals surface area contributed by atoms with Crippen molar-refractivity contribution in [3.63, 3.8) is 0 Å². The molecule has 0 fully saturated rings. The van der Waals surface area contributed by atoms with E-state index in [1.165, 1.54) is 0 Å². The summed E-state index contributed by atoms with van der Waals surface area (Å²) in [6, 6.07) is 13.7. The highest BCUT2D eigenvalue weighted by molar-refractivity contribution is 7.98. The first-order chi connectivity index (χ1) is 14.3. The fourth-order valence-corrected chi connectivity index (χ4v) is 3.44. The number of hydrogen-bond acceptors (Lipinski definition) is 8. The molecule has 0 radical (unpaired) electrons. The Morgan fingerprint density at radius 1 is 1.07 bits per heavy atom. The highest BCUT2D eigenvalue weighted by Gasteiger charge is 2.12. The molecule has 1 aliphatic rings. The Morgan fingerprint density at radius 3 is 2.72 bits per heavy atom. The van der Waals surface area contributed by atoms with Crippen LogP contribution in [0.2, 0.25) is 0 Å². The van der Waals surface area contributed by atoms with E-state index in [4.69, 9.17) is 9.15 Å². The van der Waals surface area contributed by atoms with Crippen molar-refractivity contribution in [3.05, 3.63) is 67.0 Å². The molecule has 0 atom stereocenters. The van der Waals surface area contributed by atoms with E-state index in [-0.39, 0.29) is 0 Å². The minimum atomic E-state index is 0.495. The van der Waals surface area contributed by atoms with Crippen molar-refractivity contribution in [2.24, 2.45) is 0 Å². The van der Waals surface area contributed by atoms with Crippen molar-refractivity contribution in [1.29, 1.82) is 0 Å². The summed E-state index contributed by atoms with van der Waals surface area (Å²) in [6.07, 6.45) is 5.86. The number of aromatic nitrogens is 3. The second-order valence-electron chi connectivity index (χ2n) is 6.59. The Kier molecular flexibility index (Phi) is 6.31. The fourth-order valence-electron chi connectivity index (χ4n) is 2.81. The third kappa shape index (κ3) is 5.29. The Morgan fingerprint density at radius 2 is 1.97 bits per heavy atom. The number of hydrogen-bond donors (Lipinski definition) is 0. The molecule has 0 N–H and O–H groups in total. The molecule has 150 valence electrons. The summed E-state index contributed by atoms with van der Waals surface area (Å²) >= 11 is 1.70. The number of ether oxygens (including phenoxy) is 1. The van der Waals surface area contributed by atoms with Gasteiger partial charge in [-0.1, -0.05) is 18.2 Å². The van der Waals surface area contributed by atoms with Crippen LogP contribution in [0.15, 0.2) is 65.5 Å². The number of anilines is 1. The molecule has 8 heteroatoms. The summed E-state index contributed by atoms with van der Waals surface area (Å²) in [5, 5.41) is 8.29. The summed E-state index contributed by atoms with van der Waals surface area (Å²) in [5.74, 6) is 4.40. The highest BCUT2D eigenvalue weighted by atomic mass is 32.2. The second-order valence-corrected chi connectivity index (χ2v) is 7.70. The number of benzene rings is 1. The van der Waals surface area contributed by atoms with Gasteiger partial charge in [-0.05, 0) is 24.3 Å². The molecular formula is C21H23N5O2S. The van der Waals surface area contributed by atoms with Crippen molar-refractivity contribution < 1.29 is 9.15 Å². The van der Waals surface area contributed by atoms with E-state index in [2.05, 4.69) is 32.0 Å². The Labute approximate surface area is 174 Å². The first kappa shape index (κ1) is 19.3. The molecule has 2 aromatic heterocycles. The first-order valence-corrected chi connectivity index (χ1v) is 10.6. The zero-order chi connectivity index (χ0) is 19.9. The fraction of sp³-hybridized carbons (Fsp3) is 0.286. The van der Waals surface area contributed by atoms with Crippen molar-refractivity contribution in [3.8, 4) is 17.2 Å². The molecule has 29 heavy (non-hydrogen) atoms. The first-order valence-electron chi connectivity index (χ1n) is 9.47. The van der Waals surface area contributed by atoms with Gasteiger partial charge in [-0.25, -0.2) is 4.98 Å².